The lowest BCUT2D eigenvalue weighted by Crippen LogP contribution is -2.41. The first-order valence-corrected chi connectivity index (χ1v) is 11.4. The Bertz CT molecular complexity index is 1010. The van der Waals surface area contributed by atoms with Gasteiger partial charge in [-0.3, -0.25) is 4.79 Å². The van der Waals surface area contributed by atoms with Gasteiger partial charge in [-0.15, -0.1) is 10.2 Å². The van der Waals surface area contributed by atoms with E-state index in [1.54, 1.807) is 23.3 Å². The van der Waals surface area contributed by atoms with Crippen molar-refractivity contribution in [1.29, 1.82) is 0 Å². The van der Waals surface area contributed by atoms with Gasteiger partial charge in [-0.05, 0) is 63.5 Å². The summed E-state index contributed by atoms with van der Waals surface area (Å²) in [5.74, 6) is -1.05. The predicted octanol–water partition coefficient (Wildman–Crippen LogP) is 3.69. The number of amides is 2. The van der Waals surface area contributed by atoms with Crippen LogP contribution in [0.2, 0.25) is 0 Å². The van der Waals surface area contributed by atoms with Gasteiger partial charge in [0, 0.05) is 18.8 Å². The average molecular weight is 463 g/mol. The summed E-state index contributed by atoms with van der Waals surface area (Å²) in [4.78, 5) is 29.7. The largest absolute Gasteiger partial charge is 0.444 e. The second-order valence-corrected chi connectivity index (χ2v) is 9.24. The number of primary amides is 1. The molecular formula is C21H27FN6O3S. The van der Waals surface area contributed by atoms with E-state index in [2.05, 4.69) is 20.5 Å². The van der Waals surface area contributed by atoms with Crippen molar-refractivity contribution in [2.45, 2.75) is 50.3 Å². The molecule has 1 aromatic heterocycles. The minimum absolute atomic E-state index is 0.00673. The number of nitrogens with two attached hydrogens (primary N) is 1. The molecule has 2 aromatic rings. The highest BCUT2D eigenvalue weighted by Crippen LogP contribution is 2.32. The number of hydrogen-bond donors (Lipinski definition) is 2. The maximum absolute atomic E-state index is 14.9. The van der Waals surface area contributed by atoms with E-state index in [4.69, 9.17) is 10.5 Å². The SMILES string of the molecule is CSc1nnc(C(N)=O)c(Nc2ccc(C3CCN(C(=O)OC(C)(C)C)CC3)c(F)c2)n1. The number of likely N-dealkylation sites (tertiary alicyclic amines) is 1. The Hall–Kier alpha value is -2.95. The van der Waals surface area contributed by atoms with Gasteiger partial charge >= 0.3 is 6.09 Å². The van der Waals surface area contributed by atoms with Crippen LogP contribution in [0.25, 0.3) is 0 Å². The summed E-state index contributed by atoms with van der Waals surface area (Å²) >= 11 is 1.26. The molecule has 32 heavy (non-hydrogen) atoms. The Kier molecular flexibility index (Phi) is 7.17. The number of piperidine rings is 1. The summed E-state index contributed by atoms with van der Waals surface area (Å²) in [6.07, 6.45) is 2.71. The summed E-state index contributed by atoms with van der Waals surface area (Å²) in [7, 11) is 0. The summed E-state index contributed by atoms with van der Waals surface area (Å²) in [6, 6.07) is 4.77. The fourth-order valence-electron chi connectivity index (χ4n) is 3.42. The van der Waals surface area contributed by atoms with Crippen LogP contribution < -0.4 is 11.1 Å². The van der Waals surface area contributed by atoms with Gasteiger partial charge in [0.2, 0.25) is 5.16 Å². The first kappa shape index (κ1) is 23.7. The molecule has 1 aliphatic heterocycles. The van der Waals surface area contributed by atoms with Crippen molar-refractivity contribution in [2.24, 2.45) is 5.73 Å². The van der Waals surface area contributed by atoms with Crippen LogP contribution in [0.4, 0.5) is 20.7 Å². The number of nitrogens with zero attached hydrogens (tertiary/aromatic N) is 4. The van der Waals surface area contributed by atoms with Crippen LogP contribution in [-0.4, -0.2) is 57.0 Å². The van der Waals surface area contributed by atoms with Crippen LogP contribution in [0, 0.1) is 5.82 Å². The number of rotatable bonds is 5. The lowest BCUT2D eigenvalue weighted by Gasteiger charge is -2.33. The fourth-order valence-corrected chi connectivity index (χ4v) is 3.73. The smallest absolute Gasteiger partial charge is 0.410 e. The highest BCUT2D eigenvalue weighted by atomic mass is 32.2. The van der Waals surface area contributed by atoms with Crippen molar-refractivity contribution >= 4 is 35.3 Å². The summed E-state index contributed by atoms with van der Waals surface area (Å²) < 4.78 is 20.3. The number of benzene rings is 1. The monoisotopic (exact) mass is 462 g/mol. The lowest BCUT2D eigenvalue weighted by atomic mass is 9.89. The highest BCUT2D eigenvalue weighted by molar-refractivity contribution is 7.98. The molecule has 1 fully saturated rings. The van der Waals surface area contributed by atoms with E-state index in [1.807, 2.05) is 20.8 Å². The van der Waals surface area contributed by atoms with Crippen molar-refractivity contribution in [1.82, 2.24) is 20.1 Å². The predicted molar refractivity (Wildman–Crippen MR) is 120 cm³/mol. The van der Waals surface area contributed by atoms with Gasteiger partial charge in [0.05, 0.1) is 0 Å². The topological polar surface area (TPSA) is 123 Å². The molecule has 0 bridgehead atoms. The molecule has 1 aliphatic rings. The summed E-state index contributed by atoms with van der Waals surface area (Å²) in [5, 5.41) is 10.9. The number of anilines is 2. The highest BCUT2D eigenvalue weighted by Gasteiger charge is 2.28. The van der Waals surface area contributed by atoms with Gasteiger partial charge in [-0.2, -0.15) is 0 Å². The first-order chi connectivity index (χ1) is 15.1. The van der Waals surface area contributed by atoms with Gasteiger partial charge in [0.15, 0.2) is 11.5 Å². The van der Waals surface area contributed by atoms with E-state index in [-0.39, 0.29) is 29.3 Å². The Morgan fingerprint density at radius 2 is 1.94 bits per heavy atom. The molecule has 1 aromatic carbocycles. The molecule has 11 heteroatoms. The standard InChI is InChI=1S/C21H27FN6O3S/c1-21(2,3)31-20(30)28-9-7-12(8-10-28)14-6-5-13(11-15(14)22)24-18-16(17(23)29)26-27-19(25-18)32-4/h5-6,11-12H,7-10H2,1-4H3,(H2,23,29)(H,24,25,27). The van der Waals surface area contributed by atoms with Crippen LogP contribution in [0.5, 0.6) is 0 Å². The molecule has 9 nitrogen and oxygen atoms in total. The van der Waals surface area contributed by atoms with Gasteiger partial charge in [-0.1, -0.05) is 17.8 Å². The summed E-state index contributed by atoms with van der Waals surface area (Å²) in [5.41, 5.74) is 5.66. The molecule has 3 N–H and O–H groups in total. The maximum Gasteiger partial charge on any atom is 0.410 e. The van der Waals surface area contributed by atoms with Crippen LogP contribution in [0.1, 0.15) is 55.6 Å². The van der Waals surface area contributed by atoms with E-state index in [0.717, 1.165) is 0 Å². The third kappa shape index (κ3) is 5.84. The molecule has 0 aliphatic carbocycles. The van der Waals surface area contributed by atoms with Crippen LogP contribution in [-0.2, 0) is 4.74 Å². The van der Waals surface area contributed by atoms with Gasteiger partial charge in [0.25, 0.3) is 5.91 Å². The fraction of sp³-hybridized carbons (Fsp3) is 0.476. The third-order valence-corrected chi connectivity index (χ3v) is 5.47. The van der Waals surface area contributed by atoms with Crippen molar-refractivity contribution < 1.29 is 18.7 Å². The van der Waals surface area contributed by atoms with Gasteiger partial charge in [0.1, 0.15) is 11.4 Å². The molecule has 172 valence electrons. The number of carbonyl (C=O) groups is 2. The van der Waals surface area contributed by atoms with E-state index in [9.17, 15) is 14.0 Å². The number of thioether (sulfide) groups is 1. The molecule has 0 atom stereocenters. The van der Waals surface area contributed by atoms with Crippen molar-refractivity contribution in [3.05, 3.63) is 35.3 Å². The van der Waals surface area contributed by atoms with E-state index < -0.39 is 11.5 Å². The lowest BCUT2D eigenvalue weighted by molar-refractivity contribution is 0.0204. The summed E-state index contributed by atoms with van der Waals surface area (Å²) in [6.45, 7) is 6.49. The molecule has 2 heterocycles. The van der Waals surface area contributed by atoms with Crippen LogP contribution in [0.3, 0.4) is 0 Å². The molecule has 3 rings (SSSR count). The van der Waals surface area contributed by atoms with E-state index in [1.165, 1.54) is 17.8 Å². The Balaban J connectivity index is 1.69. The molecule has 0 unspecified atom stereocenters. The Labute approximate surface area is 190 Å². The number of carbonyl (C=O) groups excluding carboxylic acids is 2. The molecule has 1 saturated heterocycles. The second kappa shape index (κ2) is 9.68. The minimum Gasteiger partial charge on any atom is -0.444 e. The number of hydrogen-bond acceptors (Lipinski definition) is 8. The molecular weight excluding hydrogens is 435 g/mol. The van der Waals surface area contributed by atoms with E-state index >= 15 is 0 Å². The third-order valence-electron chi connectivity index (χ3n) is 4.93. The van der Waals surface area contributed by atoms with Gasteiger partial charge < -0.3 is 20.7 Å². The second-order valence-electron chi connectivity index (χ2n) is 8.46. The van der Waals surface area contributed by atoms with E-state index in [0.29, 0.717) is 42.3 Å². The molecule has 2 amide bonds. The molecule has 0 radical (unpaired) electrons. The quantitative estimate of drug-likeness (QED) is 0.645. The van der Waals surface area contributed by atoms with Crippen LogP contribution >= 0.6 is 11.8 Å². The Morgan fingerprint density at radius 1 is 1.25 bits per heavy atom. The number of halogens is 1. The zero-order chi connectivity index (χ0) is 23.5. The molecule has 0 saturated carbocycles. The zero-order valence-corrected chi connectivity index (χ0v) is 19.3. The normalized spacial score (nSPS) is 14.8. The maximum atomic E-state index is 14.9. The average Bonchev–Trinajstić information content (AvgIpc) is 2.72. The zero-order valence-electron chi connectivity index (χ0n) is 18.5. The number of aromatic nitrogens is 3. The minimum atomic E-state index is -0.783. The Morgan fingerprint density at radius 3 is 2.50 bits per heavy atom. The van der Waals surface area contributed by atoms with Gasteiger partial charge in [-0.25, -0.2) is 14.2 Å². The number of ether oxygens (including phenoxy) is 1. The van der Waals surface area contributed by atoms with Crippen molar-refractivity contribution in [3.8, 4) is 0 Å². The first-order valence-electron chi connectivity index (χ1n) is 10.2. The van der Waals surface area contributed by atoms with Crippen molar-refractivity contribution in [2.75, 3.05) is 24.7 Å². The van der Waals surface area contributed by atoms with Crippen molar-refractivity contribution in [3.63, 3.8) is 0 Å². The molecule has 0 spiro atoms. The number of nitrogens with one attached hydrogen (secondary N) is 1. The van der Waals surface area contributed by atoms with Crippen LogP contribution in [0.15, 0.2) is 23.4 Å².